The molecular weight excluding hydrogens is 735 g/mol. The molecule has 4 rings (SSSR count). The van der Waals surface area contributed by atoms with E-state index in [9.17, 15) is 66.4 Å². The first-order chi connectivity index (χ1) is 21.3. The van der Waals surface area contributed by atoms with Gasteiger partial charge < -0.3 is 99.5 Å². The van der Waals surface area contributed by atoms with Crippen molar-refractivity contribution in [1.29, 1.82) is 0 Å². The van der Waals surface area contributed by atoms with Crippen LogP contribution >= 0.6 is 22.6 Å². The summed E-state index contributed by atoms with van der Waals surface area (Å²) in [7, 11) is 0. The van der Waals surface area contributed by atoms with E-state index in [2.05, 4.69) is 0 Å². The van der Waals surface area contributed by atoms with Gasteiger partial charge in [-0.25, -0.2) is 0 Å². The van der Waals surface area contributed by atoms with Crippen LogP contribution in [-0.4, -0.2) is 213 Å². The van der Waals surface area contributed by atoms with Crippen molar-refractivity contribution >= 4 is 22.6 Å². The molecule has 0 bridgehead atoms. The zero-order valence-electron chi connectivity index (χ0n) is 23.4. The molecule has 20 nitrogen and oxygen atoms in total. The van der Waals surface area contributed by atoms with Crippen molar-refractivity contribution in [3.05, 3.63) is 0 Å². The number of aliphatic hydroxyl groups is 13. The predicted molar refractivity (Wildman–Crippen MR) is 146 cm³/mol. The molecule has 0 saturated carbocycles. The average molecular weight is 776 g/mol. The molecule has 0 aromatic rings. The van der Waals surface area contributed by atoms with E-state index in [1.54, 1.807) is 0 Å². The summed E-state index contributed by atoms with van der Waals surface area (Å²) in [4.78, 5) is 0. The van der Waals surface area contributed by atoms with E-state index in [-0.39, 0.29) is 4.43 Å². The Bertz CT molecular complexity index is 916. The first-order valence-corrected chi connectivity index (χ1v) is 15.6. The fourth-order valence-electron chi connectivity index (χ4n) is 5.52. The summed E-state index contributed by atoms with van der Waals surface area (Å²) in [6.07, 6.45) is -33.4. The predicted octanol–water partition coefficient (Wildman–Crippen LogP) is -8.31. The number of halogens is 1. The lowest BCUT2D eigenvalue weighted by molar-refractivity contribution is -0.384. The van der Waals surface area contributed by atoms with Crippen LogP contribution in [0.4, 0.5) is 0 Å². The number of rotatable bonds is 10. The Balaban J connectivity index is 1.43. The van der Waals surface area contributed by atoms with E-state index in [1.165, 1.54) is 0 Å². The molecule has 4 saturated heterocycles. The van der Waals surface area contributed by atoms with Gasteiger partial charge in [-0.2, -0.15) is 0 Å². The van der Waals surface area contributed by atoms with Crippen LogP contribution in [-0.2, 0) is 33.2 Å². The van der Waals surface area contributed by atoms with Gasteiger partial charge in [-0.05, 0) is 0 Å². The lowest BCUT2D eigenvalue weighted by Crippen LogP contribution is -2.67. The second-order valence-corrected chi connectivity index (χ2v) is 12.0. The molecule has 13 N–H and O–H groups in total. The van der Waals surface area contributed by atoms with Crippen molar-refractivity contribution in [2.45, 2.75) is 123 Å². The van der Waals surface area contributed by atoms with Crippen LogP contribution in [0.1, 0.15) is 0 Å². The van der Waals surface area contributed by atoms with E-state index >= 15 is 0 Å². The summed E-state index contributed by atoms with van der Waals surface area (Å²) in [5.74, 6) is 0. The van der Waals surface area contributed by atoms with Gasteiger partial charge in [-0.1, -0.05) is 22.6 Å². The maximum Gasteiger partial charge on any atom is 0.187 e. The molecule has 4 aliphatic rings. The Morgan fingerprint density at radius 2 is 0.756 bits per heavy atom. The van der Waals surface area contributed by atoms with Crippen LogP contribution < -0.4 is 0 Å². The largest absolute Gasteiger partial charge is 0.394 e. The van der Waals surface area contributed by atoms with Crippen molar-refractivity contribution in [2.24, 2.45) is 0 Å². The summed E-state index contributed by atoms with van der Waals surface area (Å²) in [6, 6.07) is 0. The van der Waals surface area contributed by atoms with Gasteiger partial charge in [0.05, 0.1) is 25.9 Å². The minimum absolute atomic E-state index is 0.0769. The highest BCUT2D eigenvalue weighted by Gasteiger charge is 2.55. The van der Waals surface area contributed by atoms with Crippen LogP contribution in [0.2, 0.25) is 0 Å². The molecule has 21 heteroatoms. The van der Waals surface area contributed by atoms with Crippen molar-refractivity contribution in [1.82, 2.24) is 0 Å². The third-order valence-electron chi connectivity index (χ3n) is 8.17. The van der Waals surface area contributed by atoms with E-state index in [0.29, 0.717) is 0 Å². The molecule has 0 radical (unpaired) electrons. The second kappa shape index (κ2) is 16.1. The van der Waals surface area contributed by atoms with Crippen LogP contribution in [0.3, 0.4) is 0 Å². The van der Waals surface area contributed by atoms with E-state index in [0.717, 1.165) is 0 Å². The Morgan fingerprint density at radius 3 is 1.20 bits per heavy atom. The molecular formula is C24H41IO20. The van der Waals surface area contributed by atoms with Crippen molar-refractivity contribution in [2.75, 3.05) is 24.2 Å². The van der Waals surface area contributed by atoms with Crippen LogP contribution in [0.15, 0.2) is 0 Å². The number of aliphatic hydroxyl groups excluding tert-OH is 13. The lowest BCUT2D eigenvalue weighted by Gasteiger charge is -2.49. The first-order valence-electron chi connectivity index (χ1n) is 14.1. The number of ether oxygens (including phenoxy) is 7. The topological polar surface area (TPSA) is 328 Å². The Kier molecular flexibility index (Phi) is 13.5. The van der Waals surface area contributed by atoms with Crippen molar-refractivity contribution < 1.29 is 99.5 Å². The molecule has 0 spiro atoms. The summed E-state index contributed by atoms with van der Waals surface area (Å²) >= 11 is 1.86. The Hall–Kier alpha value is -0.0700. The SMILES string of the molecule is OC[C@H]1O[C@H](O[C@H]2[C@H](O)[C@@H](O)[C@@H](O[C@H]3[C@H](O)[C@@H](O)[C@@H](O[C@H]4[C@H](O)[C@@H](O)C(O)O[C@@H]4CO)O[C@@H]3CO)O[C@@H]2CI)[C@H](O)[C@@H](O)[C@@H]1O. The van der Waals surface area contributed by atoms with Crippen LogP contribution in [0, 0.1) is 0 Å². The van der Waals surface area contributed by atoms with Crippen molar-refractivity contribution in [3.8, 4) is 0 Å². The third-order valence-corrected chi connectivity index (χ3v) is 9.04. The molecule has 0 aromatic carbocycles. The molecule has 0 amide bonds. The Morgan fingerprint density at radius 1 is 0.400 bits per heavy atom. The average Bonchev–Trinajstić information content (AvgIpc) is 3.03. The van der Waals surface area contributed by atoms with Gasteiger partial charge >= 0.3 is 0 Å². The van der Waals surface area contributed by atoms with E-state index < -0.39 is 143 Å². The molecule has 4 heterocycles. The van der Waals surface area contributed by atoms with E-state index in [4.69, 9.17) is 33.2 Å². The highest BCUT2D eigenvalue weighted by Crippen LogP contribution is 2.34. The summed E-state index contributed by atoms with van der Waals surface area (Å²) < 4.78 is 38.5. The lowest BCUT2D eigenvalue weighted by atomic mass is 9.96. The molecule has 4 fully saturated rings. The standard InChI is InChI=1S/C24H41IO20/c25-1-5-18(43-22-15(35)10(30)9(29)6(2-26)41-22)12(32)16(36)23(40-5)45-20-8(4-28)42-24(17(37)13(20)33)44-19-7(3-27)39-21(38)14(34)11(19)31/h5-24,26-38H,1-4H2/t5-,6-,7-,8-,9-,10+,11-,12-,13-,14-,15-,16-,17-,18-,19-,20-,21?,22-,23-,24-/m1/s1. The molecule has 20 atom stereocenters. The zero-order valence-corrected chi connectivity index (χ0v) is 25.6. The van der Waals surface area contributed by atoms with Gasteiger partial charge in [0, 0.05) is 4.43 Å². The number of alkyl halides is 1. The monoisotopic (exact) mass is 776 g/mol. The summed E-state index contributed by atoms with van der Waals surface area (Å²) in [5, 5.41) is 133. The normalized spacial score (nSPS) is 52.9. The van der Waals surface area contributed by atoms with Gasteiger partial charge in [-0.15, -0.1) is 0 Å². The highest BCUT2D eigenvalue weighted by atomic mass is 127. The van der Waals surface area contributed by atoms with Crippen LogP contribution in [0.25, 0.3) is 0 Å². The molecule has 1 unspecified atom stereocenters. The fourth-order valence-corrected chi connectivity index (χ4v) is 6.23. The smallest absolute Gasteiger partial charge is 0.187 e. The molecule has 4 aliphatic heterocycles. The van der Waals surface area contributed by atoms with Gasteiger partial charge in [-0.3, -0.25) is 0 Å². The second-order valence-electron chi connectivity index (χ2n) is 11.1. The minimum atomic E-state index is -1.96. The zero-order chi connectivity index (χ0) is 33.3. The number of hydrogen-bond donors (Lipinski definition) is 13. The molecule has 0 aromatic heterocycles. The van der Waals surface area contributed by atoms with Gasteiger partial charge in [0.25, 0.3) is 0 Å². The van der Waals surface area contributed by atoms with E-state index in [1.807, 2.05) is 22.6 Å². The highest BCUT2D eigenvalue weighted by molar-refractivity contribution is 14.1. The summed E-state index contributed by atoms with van der Waals surface area (Å²) in [6.45, 7) is -2.38. The van der Waals surface area contributed by atoms with Gasteiger partial charge in [0.15, 0.2) is 25.2 Å². The first kappa shape index (κ1) is 37.7. The fraction of sp³-hybridized carbons (Fsp3) is 1.00. The van der Waals surface area contributed by atoms with Crippen molar-refractivity contribution in [3.63, 3.8) is 0 Å². The summed E-state index contributed by atoms with van der Waals surface area (Å²) in [5.41, 5.74) is 0. The minimum Gasteiger partial charge on any atom is -0.394 e. The molecule has 45 heavy (non-hydrogen) atoms. The van der Waals surface area contributed by atoms with Gasteiger partial charge in [0.1, 0.15) is 91.6 Å². The van der Waals surface area contributed by atoms with Gasteiger partial charge in [0.2, 0.25) is 0 Å². The third kappa shape index (κ3) is 7.73. The number of hydrogen-bond acceptors (Lipinski definition) is 20. The maximum absolute atomic E-state index is 10.9. The maximum atomic E-state index is 10.9. The Labute approximate surface area is 268 Å². The molecule has 0 aliphatic carbocycles. The quantitative estimate of drug-likeness (QED) is 0.0724. The van der Waals surface area contributed by atoms with Crippen LogP contribution in [0.5, 0.6) is 0 Å². The molecule has 264 valence electrons.